The zero-order valence-electron chi connectivity index (χ0n) is 22.6. The molecule has 0 radical (unpaired) electrons. The third kappa shape index (κ3) is 6.24. The Balaban J connectivity index is 1.28. The van der Waals surface area contributed by atoms with Crippen LogP contribution in [0.3, 0.4) is 0 Å². The number of nitrogens with one attached hydrogen (secondary N) is 4. The first kappa shape index (κ1) is 27.7. The lowest BCUT2D eigenvalue weighted by atomic mass is 10.1. The maximum Gasteiger partial charge on any atom is 0.255 e. The number of nitrogens with zero attached hydrogens (tertiary/aromatic N) is 4. The van der Waals surface area contributed by atoms with Crippen LogP contribution in [0.25, 0.3) is 21.9 Å². The summed E-state index contributed by atoms with van der Waals surface area (Å²) in [5.74, 6) is 1.08. The summed E-state index contributed by atoms with van der Waals surface area (Å²) >= 11 is 12.9. The topological polar surface area (TPSA) is 128 Å². The van der Waals surface area contributed by atoms with E-state index in [0.717, 1.165) is 62.8 Å². The summed E-state index contributed by atoms with van der Waals surface area (Å²) in [5.41, 5.74) is 2.61. The van der Waals surface area contributed by atoms with Gasteiger partial charge in [-0.1, -0.05) is 23.2 Å². The highest BCUT2D eigenvalue weighted by Crippen LogP contribution is 2.32. The molecular formula is C29H32Cl2N8O2. The average molecular weight is 596 g/mol. The first-order valence-electron chi connectivity index (χ1n) is 14.1. The van der Waals surface area contributed by atoms with Crippen molar-refractivity contribution in [2.75, 3.05) is 25.0 Å². The van der Waals surface area contributed by atoms with E-state index in [0.29, 0.717) is 44.6 Å². The molecule has 6 rings (SSSR count). The van der Waals surface area contributed by atoms with Gasteiger partial charge in [-0.3, -0.25) is 14.9 Å². The number of aromatic amines is 1. The van der Waals surface area contributed by atoms with Crippen molar-refractivity contribution < 1.29 is 9.59 Å². The van der Waals surface area contributed by atoms with Gasteiger partial charge < -0.3 is 20.5 Å². The van der Waals surface area contributed by atoms with Crippen LogP contribution in [-0.4, -0.2) is 62.5 Å². The van der Waals surface area contributed by atoms with E-state index in [2.05, 4.69) is 30.9 Å². The summed E-state index contributed by atoms with van der Waals surface area (Å²) in [7, 11) is 0. The molecule has 2 amide bonds. The van der Waals surface area contributed by atoms with Gasteiger partial charge in [-0.25, -0.2) is 15.0 Å². The first-order chi connectivity index (χ1) is 19.9. The summed E-state index contributed by atoms with van der Waals surface area (Å²) in [6, 6.07) is 8.56. The molecule has 2 aromatic heterocycles. The Morgan fingerprint density at radius 2 is 1.90 bits per heavy atom. The summed E-state index contributed by atoms with van der Waals surface area (Å²) in [5, 5.41) is 11.6. The number of benzene rings is 2. The standard InChI is InChI=1S/C29H32Cl2N8O2/c30-17-6-7-21-24(13-17)37-28(35-21)22(8-9-26(40)38-25-5-1-2-10-32-25)36-27-19-14-20(31)18(15-23(19)33-16-34-27)29(41)39-11-3-4-12-39/h6-7,13-16,22,25,32H,1-5,8-12H2,(H,35,37)(H,38,40)(H,33,34,36). The van der Waals surface area contributed by atoms with Gasteiger partial charge in [-0.15, -0.1) is 0 Å². The van der Waals surface area contributed by atoms with E-state index in [4.69, 9.17) is 28.2 Å². The third-order valence-corrected chi connectivity index (χ3v) is 8.30. The number of piperidine rings is 1. The maximum atomic E-state index is 13.1. The van der Waals surface area contributed by atoms with Crippen LogP contribution in [0.2, 0.25) is 10.0 Å². The van der Waals surface area contributed by atoms with Crippen LogP contribution in [0.1, 0.15) is 67.2 Å². The molecule has 2 aromatic carbocycles. The molecule has 2 saturated heterocycles. The molecule has 4 heterocycles. The molecule has 4 aromatic rings. The average Bonchev–Trinajstić information content (AvgIpc) is 3.66. The summed E-state index contributed by atoms with van der Waals surface area (Å²) < 4.78 is 0. The highest BCUT2D eigenvalue weighted by molar-refractivity contribution is 6.35. The minimum atomic E-state index is -0.381. The third-order valence-electron chi connectivity index (χ3n) is 7.76. The number of halogens is 2. The summed E-state index contributed by atoms with van der Waals surface area (Å²) in [6.07, 6.45) is 7.34. The molecule has 214 valence electrons. The summed E-state index contributed by atoms with van der Waals surface area (Å²) in [6.45, 7) is 2.38. The number of rotatable bonds is 8. The zero-order chi connectivity index (χ0) is 28.3. The number of carbonyl (C=O) groups excluding carboxylic acids is 2. The fraction of sp³-hybridized carbons (Fsp3) is 0.414. The Hall–Kier alpha value is -3.47. The second-order valence-corrected chi connectivity index (χ2v) is 11.5. The largest absolute Gasteiger partial charge is 0.359 e. The van der Waals surface area contributed by atoms with Gasteiger partial charge in [0.2, 0.25) is 5.91 Å². The van der Waals surface area contributed by atoms with Gasteiger partial charge in [0.25, 0.3) is 5.91 Å². The van der Waals surface area contributed by atoms with Crippen molar-refractivity contribution in [1.29, 1.82) is 0 Å². The Kier molecular flexibility index (Phi) is 8.23. The number of fused-ring (bicyclic) bond motifs is 2. The molecule has 2 atom stereocenters. The molecule has 10 nitrogen and oxygen atoms in total. The van der Waals surface area contributed by atoms with Crippen LogP contribution in [-0.2, 0) is 4.79 Å². The van der Waals surface area contributed by atoms with Gasteiger partial charge in [-0.05, 0) is 75.4 Å². The molecule has 12 heteroatoms. The molecule has 4 N–H and O–H groups in total. The quantitative estimate of drug-likeness (QED) is 0.221. The molecule has 0 bridgehead atoms. The van der Waals surface area contributed by atoms with E-state index in [1.54, 1.807) is 18.2 Å². The van der Waals surface area contributed by atoms with Gasteiger partial charge in [0.15, 0.2) is 0 Å². The maximum absolute atomic E-state index is 13.1. The van der Waals surface area contributed by atoms with Crippen LogP contribution in [0.5, 0.6) is 0 Å². The molecular weight excluding hydrogens is 563 g/mol. The minimum Gasteiger partial charge on any atom is -0.359 e. The van der Waals surface area contributed by atoms with Crippen molar-refractivity contribution in [3.8, 4) is 0 Å². The Morgan fingerprint density at radius 3 is 2.71 bits per heavy atom. The van der Waals surface area contributed by atoms with E-state index in [9.17, 15) is 9.59 Å². The van der Waals surface area contributed by atoms with E-state index >= 15 is 0 Å². The molecule has 2 aliphatic rings. The van der Waals surface area contributed by atoms with E-state index in [1.807, 2.05) is 17.0 Å². The Labute approximate surface area is 247 Å². The zero-order valence-corrected chi connectivity index (χ0v) is 24.1. The fourth-order valence-corrected chi connectivity index (χ4v) is 5.99. The van der Waals surface area contributed by atoms with Crippen molar-refractivity contribution in [1.82, 2.24) is 35.5 Å². The van der Waals surface area contributed by atoms with E-state index in [-0.39, 0.29) is 30.4 Å². The number of imidazole rings is 1. The fourth-order valence-electron chi connectivity index (χ4n) is 5.57. The van der Waals surface area contributed by atoms with Gasteiger partial charge in [0.1, 0.15) is 18.0 Å². The number of hydrogen-bond acceptors (Lipinski definition) is 7. The second-order valence-electron chi connectivity index (χ2n) is 10.7. The molecule has 41 heavy (non-hydrogen) atoms. The lowest BCUT2D eigenvalue weighted by Gasteiger charge is -2.25. The minimum absolute atomic E-state index is 0.00131. The van der Waals surface area contributed by atoms with Gasteiger partial charge in [0.05, 0.1) is 39.3 Å². The van der Waals surface area contributed by atoms with Crippen LogP contribution >= 0.6 is 23.2 Å². The van der Waals surface area contributed by atoms with Crippen molar-refractivity contribution in [3.05, 3.63) is 58.1 Å². The Bertz CT molecular complexity index is 1580. The molecule has 0 aliphatic carbocycles. The SMILES string of the molecule is O=C(CCC(Nc1ncnc2cc(C(=O)N3CCCC3)c(Cl)cc12)c1nc2ccc(Cl)cc2[nH]1)NC1CCCCN1. The smallest absolute Gasteiger partial charge is 0.255 e. The normalized spacial score (nSPS) is 18.1. The lowest BCUT2D eigenvalue weighted by molar-refractivity contribution is -0.122. The number of hydrogen-bond donors (Lipinski definition) is 4. The van der Waals surface area contributed by atoms with Crippen LogP contribution in [0, 0.1) is 0 Å². The van der Waals surface area contributed by atoms with E-state index in [1.165, 1.54) is 6.33 Å². The molecule has 2 aliphatic heterocycles. The Morgan fingerprint density at radius 1 is 1.05 bits per heavy atom. The van der Waals surface area contributed by atoms with Gasteiger partial charge in [0, 0.05) is 29.9 Å². The predicted octanol–water partition coefficient (Wildman–Crippen LogP) is 5.20. The monoisotopic (exact) mass is 594 g/mol. The van der Waals surface area contributed by atoms with Crippen LogP contribution in [0.4, 0.5) is 5.82 Å². The predicted molar refractivity (Wildman–Crippen MR) is 160 cm³/mol. The first-order valence-corrected chi connectivity index (χ1v) is 14.9. The van der Waals surface area contributed by atoms with Gasteiger partial charge >= 0.3 is 0 Å². The highest BCUT2D eigenvalue weighted by Gasteiger charge is 2.24. The van der Waals surface area contributed by atoms with Crippen molar-refractivity contribution in [2.45, 2.75) is 57.2 Å². The molecule has 0 saturated carbocycles. The second kappa shape index (κ2) is 12.2. The van der Waals surface area contributed by atoms with Crippen LogP contribution in [0.15, 0.2) is 36.7 Å². The van der Waals surface area contributed by atoms with Crippen LogP contribution < -0.4 is 16.0 Å². The molecule has 2 fully saturated rings. The van der Waals surface area contributed by atoms with Crippen molar-refractivity contribution >= 4 is 62.8 Å². The molecule has 0 spiro atoms. The highest BCUT2D eigenvalue weighted by atomic mass is 35.5. The summed E-state index contributed by atoms with van der Waals surface area (Å²) in [4.78, 5) is 44.8. The number of H-pyrrole nitrogens is 1. The number of anilines is 1. The number of aromatic nitrogens is 4. The lowest BCUT2D eigenvalue weighted by Crippen LogP contribution is -2.47. The molecule has 2 unspecified atom stereocenters. The number of likely N-dealkylation sites (tertiary alicyclic amines) is 1. The van der Waals surface area contributed by atoms with Crippen molar-refractivity contribution in [3.63, 3.8) is 0 Å². The van der Waals surface area contributed by atoms with E-state index < -0.39 is 0 Å². The number of amides is 2. The van der Waals surface area contributed by atoms with Crippen molar-refractivity contribution in [2.24, 2.45) is 0 Å². The number of carbonyl (C=O) groups is 2. The van der Waals surface area contributed by atoms with Gasteiger partial charge in [-0.2, -0.15) is 0 Å².